The molecule has 3 nitrogen and oxygen atoms in total. The Morgan fingerprint density at radius 2 is 1.73 bits per heavy atom. The first-order chi connectivity index (χ1) is 14.6. The number of hydrogen-bond acceptors (Lipinski definition) is 3. The first kappa shape index (κ1) is 22.8. The van der Waals surface area contributed by atoms with Gasteiger partial charge in [0.05, 0.1) is 6.61 Å². The molecule has 1 aliphatic rings. The third kappa shape index (κ3) is 6.09. The van der Waals surface area contributed by atoms with Crippen molar-refractivity contribution in [1.29, 1.82) is 0 Å². The van der Waals surface area contributed by atoms with Crippen LogP contribution in [-0.4, -0.2) is 6.61 Å². The van der Waals surface area contributed by atoms with E-state index in [1.165, 1.54) is 38.5 Å². The lowest BCUT2D eigenvalue weighted by molar-refractivity contribution is 0.248. The van der Waals surface area contributed by atoms with E-state index in [0.29, 0.717) is 23.7 Å². The second kappa shape index (κ2) is 11.5. The van der Waals surface area contributed by atoms with Crippen molar-refractivity contribution >= 4 is 10.8 Å². The fourth-order valence-electron chi connectivity index (χ4n) is 4.78. The summed E-state index contributed by atoms with van der Waals surface area (Å²) in [5.41, 5.74) is -0.594. The van der Waals surface area contributed by atoms with E-state index in [2.05, 4.69) is 13.8 Å². The van der Waals surface area contributed by atoms with Crippen LogP contribution in [0, 0.1) is 17.7 Å². The summed E-state index contributed by atoms with van der Waals surface area (Å²) in [6.45, 7) is 4.88. The summed E-state index contributed by atoms with van der Waals surface area (Å²) in [5, 5.41) is 0.605. The third-order valence-corrected chi connectivity index (χ3v) is 6.60. The number of benzene rings is 1. The van der Waals surface area contributed by atoms with Crippen LogP contribution in [0.3, 0.4) is 0 Å². The molecule has 0 unspecified atom stereocenters. The molecule has 0 aliphatic heterocycles. The molecule has 0 spiro atoms. The molecule has 30 heavy (non-hydrogen) atoms. The molecule has 1 heterocycles. The lowest BCUT2D eigenvalue weighted by Gasteiger charge is -2.28. The van der Waals surface area contributed by atoms with Gasteiger partial charge in [0.1, 0.15) is 11.1 Å². The molecule has 0 atom stereocenters. The number of fused-ring (bicyclic) bond motifs is 1. The van der Waals surface area contributed by atoms with Crippen LogP contribution in [0.4, 0.5) is 4.39 Å². The molecule has 1 fully saturated rings. The Morgan fingerprint density at radius 3 is 2.43 bits per heavy atom. The molecule has 1 saturated carbocycles. The second-order valence-electron chi connectivity index (χ2n) is 8.97. The highest BCUT2D eigenvalue weighted by atomic mass is 19.1. The molecule has 1 aromatic carbocycles. The van der Waals surface area contributed by atoms with E-state index in [4.69, 9.17) is 9.15 Å². The van der Waals surface area contributed by atoms with Crippen molar-refractivity contribution in [3.05, 3.63) is 40.2 Å². The van der Waals surface area contributed by atoms with Gasteiger partial charge in [-0.2, -0.15) is 0 Å². The SMILES string of the molecule is CCCCCCOc1ccc2cc(CCC3CCC(CCC)CC3)oc(=O)c2c1F. The molecule has 1 aromatic heterocycles. The molecule has 0 bridgehead atoms. The number of halogens is 1. The van der Waals surface area contributed by atoms with E-state index >= 15 is 0 Å². The summed E-state index contributed by atoms with van der Waals surface area (Å²) in [4.78, 5) is 12.5. The Hall–Kier alpha value is -1.84. The summed E-state index contributed by atoms with van der Waals surface area (Å²) in [7, 11) is 0. The predicted molar refractivity (Wildman–Crippen MR) is 121 cm³/mol. The van der Waals surface area contributed by atoms with Crippen molar-refractivity contribution in [2.45, 2.75) is 90.9 Å². The lowest BCUT2D eigenvalue weighted by atomic mass is 9.78. The van der Waals surface area contributed by atoms with E-state index in [9.17, 15) is 9.18 Å². The zero-order valence-corrected chi connectivity index (χ0v) is 18.7. The zero-order chi connectivity index (χ0) is 21.3. The van der Waals surface area contributed by atoms with Crippen LogP contribution < -0.4 is 10.4 Å². The molecule has 2 aromatic rings. The lowest BCUT2D eigenvalue weighted by Crippen LogP contribution is -2.15. The third-order valence-electron chi connectivity index (χ3n) is 6.60. The highest BCUT2D eigenvalue weighted by molar-refractivity contribution is 5.83. The van der Waals surface area contributed by atoms with Crippen LogP contribution >= 0.6 is 0 Å². The van der Waals surface area contributed by atoms with Crippen molar-refractivity contribution < 1.29 is 13.5 Å². The number of rotatable bonds is 11. The Morgan fingerprint density at radius 1 is 1.00 bits per heavy atom. The monoisotopic (exact) mass is 416 g/mol. The van der Waals surface area contributed by atoms with Gasteiger partial charge in [-0.05, 0) is 42.2 Å². The maximum atomic E-state index is 14.8. The highest BCUT2D eigenvalue weighted by Gasteiger charge is 2.21. The Balaban J connectivity index is 1.60. The number of unbranched alkanes of at least 4 members (excludes halogenated alkanes) is 3. The van der Waals surface area contributed by atoms with Gasteiger partial charge in [-0.25, -0.2) is 9.18 Å². The van der Waals surface area contributed by atoms with Gasteiger partial charge in [-0.15, -0.1) is 0 Å². The molecule has 1 aliphatic carbocycles. The molecular formula is C26H37FO3. The fourth-order valence-corrected chi connectivity index (χ4v) is 4.78. The summed E-state index contributed by atoms with van der Waals surface area (Å²) in [5.74, 6) is 1.81. The molecular weight excluding hydrogens is 379 g/mol. The Bertz CT molecular complexity index is 849. The van der Waals surface area contributed by atoms with Gasteiger partial charge in [-0.3, -0.25) is 0 Å². The van der Waals surface area contributed by atoms with Gasteiger partial charge in [0.2, 0.25) is 0 Å². The number of ether oxygens (including phenoxy) is 1. The van der Waals surface area contributed by atoms with Gasteiger partial charge in [-0.1, -0.05) is 77.7 Å². The second-order valence-corrected chi connectivity index (χ2v) is 8.97. The molecule has 0 radical (unpaired) electrons. The van der Waals surface area contributed by atoms with E-state index in [0.717, 1.165) is 44.4 Å². The minimum absolute atomic E-state index is 0.00452. The van der Waals surface area contributed by atoms with Gasteiger partial charge in [0, 0.05) is 6.42 Å². The van der Waals surface area contributed by atoms with Gasteiger partial charge >= 0.3 is 5.63 Å². The highest BCUT2D eigenvalue weighted by Crippen LogP contribution is 2.34. The van der Waals surface area contributed by atoms with Crippen molar-refractivity contribution in [1.82, 2.24) is 0 Å². The van der Waals surface area contributed by atoms with Crippen LogP contribution in [0.2, 0.25) is 0 Å². The molecule has 0 N–H and O–H groups in total. The van der Waals surface area contributed by atoms with Gasteiger partial charge < -0.3 is 9.15 Å². The quantitative estimate of drug-likeness (QED) is 0.358. The Kier molecular flexibility index (Phi) is 8.77. The summed E-state index contributed by atoms with van der Waals surface area (Å²) < 4.78 is 25.9. The van der Waals surface area contributed by atoms with E-state index in [1.54, 1.807) is 12.1 Å². The van der Waals surface area contributed by atoms with Crippen molar-refractivity contribution in [3.8, 4) is 5.75 Å². The molecule has 166 valence electrons. The predicted octanol–water partition coefficient (Wildman–Crippen LogP) is 7.43. The topological polar surface area (TPSA) is 39.4 Å². The average Bonchev–Trinajstić information content (AvgIpc) is 2.74. The van der Waals surface area contributed by atoms with E-state index in [1.807, 2.05) is 6.07 Å². The van der Waals surface area contributed by atoms with Gasteiger partial charge in [0.15, 0.2) is 11.6 Å². The standard InChI is InChI=1S/C26H37FO3/c1-3-5-6-7-17-29-23-16-14-21-18-22(30-26(28)24(21)25(23)27)15-13-20-11-9-19(8-4-2)10-12-20/h14,16,18-20H,3-13,15,17H2,1-2H3. The van der Waals surface area contributed by atoms with Crippen molar-refractivity contribution in [3.63, 3.8) is 0 Å². The van der Waals surface area contributed by atoms with Crippen molar-refractivity contribution in [2.24, 2.45) is 11.8 Å². The van der Waals surface area contributed by atoms with Crippen LogP contribution in [0.5, 0.6) is 5.75 Å². The van der Waals surface area contributed by atoms with Crippen LogP contribution in [0.25, 0.3) is 10.8 Å². The van der Waals surface area contributed by atoms with Crippen molar-refractivity contribution in [2.75, 3.05) is 6.61 Å². The normalized spacial score (nSPS) is 19.3. The smallest absolute Gasteiger partial charge is 0.346 e. The minimum atomic E-state index is -0.600. The molecule has 3 rings (SSSR count). The van der Waals surface area contributed by atoms with E-state index in [-0.39, 0.29) is 11.1 Å². The minimum Gasteiger partial charge on any atom is -0.490 e. The zero-order valence-electron chi connectivity index (χ0n) is 18.7. The summed E-state index contributed by atoms with van der Waals surface area (Å²) >= 11 is 0. The number of aryl methyl sites for hydroxylation is 1. The first-order valence-electron chi connectivity index (χ1n) is 12.0. The average molecular weight is 417 g/mol. The molecule has 0 amide bonds. The Labute approximate surface area is 180 Å². The van der Waals surface area contributed by atoms with Crippen LogP contribution in [0.15, 0.2) is 27.4 Å². The maximum Gasteiger partial charge on any atom is 0.346 e. The maximum absolute atomic E-state index is 14.8. The summed E-state index contributed by atoms with van der Waals surface area (Å²) in [6, 6.07) is 5.24. The summed E-state index contributed by atoms with van der Waals surface area (Å²) in [6.07, 6.45) is 13.9. The molecule has 4 heteroatoms. The van der Waals surface area contributed by atoms with Gasteiger partial charge in [0.25, 0.3) is 0 Å². The number of hydrogen-bond donors (Lipinski definition) is 0. The van der Waals surface area contributed by atoms with E-state index < -0.39 is 11.4 Å². The van der Waals surface area contributed by atoms with Crippen LogP contribution in [-0.2, 0) is 6.42 Å². The first-order valence-corrected chi connectivity index (χ1v) is 12.0. The molecule has 0 saturated heterocycles. The van der Waals surface area contributed by atoms with Crippen LogP contribution in [0.1, 0.15) is 90.2 Å². The fraction of sp³-hybridized carbons (Fsp3) is 0.654. The largest absolute Gasteiger partial charge is 0.490 e.